The van der Waals surface area contributed by atoms with Crippen molar-refractivity contribution in [3.63, 3.8) is 0 Å². The number of aliphatic hydroxyl groups excluding tert-OH is 1. The summed E-state index contributed by atoms with van der Waals surface area (Å²) in [4.78, 5) is 17.3. The Labute approximate surface area is 162 Å². The molecule has 3 fully saturated rings. The summed E-state index contributed by atoms with van der Waals surface area (Å²) in [5.74, 6) is 0.865. The average Bonchev–Trinajstić information content (AvgIpc) is 2.74. The van der Waals surface area contributed by atoms with Gasteiger partial charge in [0.05, 0.1) is 13.2 Å². The van der Waals surface area contributed by atoms with Crippen molar-refractivity contribution in [1.29, 1.82) is 0 Å². The minimum absolute atomic E-state index is 0.132. The second kappa shape index (κ2) is 8.29. The molecule has 148 valence electrons. The van der Waals surface area contributed by atoms with Crippen LogP contribution >= 0.6 is 0 Å². The number of hydrogen-bond donors (Lipinski definition) is 2. The Kier molecular flexibility index (Phi) is 5.81. The molecular weight excluding hydrogens is 338 g/mol. The molecule has 0 radical (unpaired) electrons. The summed E-state index contributed by atoms with van der Waals surface area (Å²) in [6.07, 6.45) is 5.33. The van der Waals surface area contributed by atoms with Gasteiger partial charge in [-0.15, -0.1) is 0 Å². The van der Waals surface area contributed by atoms with Gasteiger partial charge in [-0.25, -0.2) is 0 Å². The standard InChI is InChI=1S/C22H33N3O2/c26-17-22-10-4-11-23-20(22)9-14-25(16-22)21(27)15-24-12-7-19(8-13-24)18-5-2-1-3-6-18/h1-3,5-6,19-20,23,26H,4,7-17H2. The van der Waals surface area contributed by atoms with E-state index in [9.17, 15) is 9.90 Å². The molecule has 0 saturated carbocycles. The fourth-order valence-electron chi connectivity index (χ4n) is 5.34. The number of benzene rings is 1. The first-order valence-electron chi connectivity index (χ1n) is 10.6. The van der Waals surface area contributed by atoms with Gasteiger partial charge >= 0.3 is 0 Å². The fraction of sp³-hybridized carbons (Fsp3) is 0.682. The topological polar surface area (TPSA) is 55.8 Å². The van der Waals surface area contributed by atoms with E-state index in [4.69, 9.17) is 0 Å². The molecule has 3 aliphatic rings. The van der Waals surface area contributed by atoms with Gasteiger partial charge in [-0.05, 0) is 63.2 Å². The number of rotatable bonds is 4. The van der Waals surface area contributed by atoms with Crippen molar-refractivity contribution in [2.24, 2.45) is 5.41 Å². The summed E-state index contributed by atoms with van der Waals surface area (Å²) in [5.41, 5.74) is 1.30. The van der Waals surface area contributed by atoms with Crippen LogP contribution in [0.2, 0.25) is 0 Å². The minimum Gasteiger partial charge on any atom is -0.396 e. The second-order valence-electron chi connectivity index (χ2n) is 8.70. The molecule has 3 saturated heterocycles. The molecule has 27 heavy (non-hydrogen) atoms. The van der Waals surface area contributed by atoms with E-state index in [1.165, 1.54) is 5.56 Å². The van der Waals surface area contributed by atoms with E-state index >= 15 is 0 Å². The molecule has 5 nitrogen and oxygen atoms in total. The van der Waals surface area contributed by atoms with Crippen LogP contribution in [0.5, 0.6) is 0 Å². The van der Waals surface area contributed by atoms with Crippen molar-refractivity contribution in [2.45, 2.75) is 44.1 Å². The molecule has 0 aromatic heterocycles. The third kappa shape index (κ3) is 4.05. The van der Waals surface area contributed by atoms with Gasteiger partial charge in [0.1, 0.15) is 0 Å². The number of amides is 1. The molecule has 1 aromatic carbocycles. The van der Waals surface area contributed by atoms with Gasteiger partial charge in [0, 0.05) is 24.5 Å². The Morgan fingerprint density at radius 2 is 1.93 bits per heavy atom. The molecule has 0 aliphatic carbocycles. The van der Waals surface area contributed by atoms with Crippen LogP contribution in [0.3, 0.4) is 0 Å². The highest BCUT2D eigenvalue weighted by Crippen LogP contribution is 2.37. The number of aliphatic hydroxyl groups is 1. The van der Waals surface area contributed by atoms with Crippen molar-refractivity contribution in [2.75, 3.05) is 45.9 Å². The summed E-state index contributed by atoms with van der Waals surface area (Å²) < 4.78 is 0. The SMILES string of the molecule is O=C(CN1CCC(c2ccccc2)CC1)N1CCC2NCCCC2(CO)C1. The first-order valence-corrected chi connectivity index (χ1v) is 10.6. The minimum atomic E-state index is -0.132. The molecule has 1 aromatic rings. The molecule has 4 rings (SSSR count). The zero-order chi connectivity index (χ0) is 18.7. The van der Waals surface area contributed by atoms with Gasteiger partial charge in [0.25, 0.3) is 0 Å². The van der Waals surface area contributed by atoms with Crippen LogP contribution in [-0.2, 0) is 4.79 Å². The van der Waals surface area contributed by atoms with Gasteiger partial charge in [-0.3, -0.25) is 9.69 Å². The number of nitrogens with zero attached hydrogens (tertiary/aromatic N) is 2. The van der Waals surface area contributed by atoms with Crippen LogP contribution < -0.4 is 5.32 Å². The number of hydrogen-bond acceptors (Lipinski definition) is 4. The van der Waals surface area contributed by atoms with Crippen molar-refractivity contribution in [1.82, 2.24) is 15.1 Å². The number of piperidine rings is 3. The molecule has 3 heterocycles. The number of carbonyl (C=O) groups excluding carboxylic acids is 1. The molecule has 2 N–H and O–H groups in total. The van der Waals surface area contributed by atoms with Crippen LogP contribution in [-0.4, -0.2) is 72.7 Å². The summed E-state index contributed by atoms with van der Waals surface area (Å²) in [6, 6.07) is 11.1. The number of likely N-dealkylation sites (tertiary alicyclic amines) is 2. The summed E-state index contributed by atoms with van der Waals surface area (Å²) in [5, 5.41) is 13.6. The van der Waals surface area contributed by atoms with E-state index in [-0.39, 0.29) is 17.9 Å². The zero-order valence-corrected chi connectivity index (χ0v) is 16.3. The van der Waals surface area contributed by atoms with E-state index < -0.39 is 0 Å². The smallest absolute Gasteiger partial charge is 0.236 e. The van der Waals surface area contributed by atoms with Crippen LogP contribution in [0.25, 0.3) is 0 Å². The fourth-order valence-corrected chi connectivity index (χ4v) is 5.34. The molecule has 1 amide bonds. The maximum absolute atomic E-state index is 12.9. The molecule has 2 unspecified atom stereocenters. The number of nitrogens with one attached hydrogen (secondary N) is 1. The number of fused-ring (bicyclic) bond motifs is 1. The lowest BCUT2D eigenvalue weighted by Crippen LogP contribution is -2.62. The number of carbonyl (C=O) groups is 1. The van der Waals surface area contributed by atoms with E-state index in [0.717, 1.165) is 58.3 Å². The van der Waals surface area contributed by atoms with Crippen LogP contribution in [0.1, 0.15) is 43.6 Å². The Bertz CT molecular complexity index is 630. The van der Waals surface area contributed by atoms with Crippen LogP contribution in [0.4, 0.5) is 0 Å². The Morgan fingerprint density at radius 1 is 1.15 bits per heavy atom. The molecule has 5 heteroatoms. The third-order valence-electron chi connectivity index (χ3n) is 7.06. The highest BCUT2D eigenvalue weighted by Gasteiger charge is 2.45. The largest absolute Gasteiger partial charge is 0.396 e. The molecule has 0 bridgehead atoms. The summed E-state index contributed by atoms with van der Waals surface area (Å²) >= 11 is 0. The first kappa shape index (κ1) is 18.9. The zero-order valence-electron chi connectivity index (χ0n) is 16.3. The van der Waals surface area contributed by atoms with Gasteiger partial charge in [0.2, 0.25) is 5.91 Å². The van der Waals surface area contributed by atoms with Gasteiger partial charge in [-0.1, -0.05) is 30.3 Å². The molecule has 0 spiro atoms. The normalized spacial score (nSPS) is 30.1. The quantitative estimate of drug-likeness (QED) is 0.848. The van der Waals surface area contributed by atoms with Crippen molar-refractivity contribution < 1.29 is 9.90 Å². The molecule has 2 atom stereocenters. The second-order valence-corrected chi connectivity index (χ2v) is 8.70. The first-order chi connectivity index (χ1) is 13.2. The van der Waals surface area contributed by atoms with E-state index in [1.807, 2.05) is 4.90 Å². The third-order valence-corrected chi connectivity index (χ3v) is 7.06. The summed E-state index contributed by atoms with van der Waals surface area (Å²) in [7, 11) is 0. The van der Waals surface area contributed by atoms with Crippen LogP contribution in [0.15, 0.2) is 30.3 Å². The predicted octanol–water partition coefficient (Wildman–Crippen LogP) is 1.83. The lowest BCUT2D eigenvalue weighted by molar-refractivity contribution is -0.139. The molecule has 3 aliphatic heterocycles. The maximum atomic E-state index is 12.9. The van der Waals surface area contributed by atoms with E-state index in [2.05, 4.69) is 40.5 Å². The van der Waals surface area contributed by atoms with Gasteiger partial charge < -0.3 is 15.3 Å². The lowest BCUT2D eigenvalue weighted by atomic mass is 9.71. The Balaban J connectivity index is 1.30. The molecular formula is C22H33N3O2. The van der Waals surface area contributed by atoms with E-state index in [1.54, 1.807) is 0 Å². The van der Waals surface area contributed by atoms with Crippen LogP contribution in [0, 0.1) is 5.41 Å². The highest BCUT2D eigenvalue weighted by atomic mass is 16.3. The Morgan fingerprint density at radius 3 is 2.67 bits per heavy atom. The Hall–Kier alpha value is -1.43. The van der Waals surface area contributed by atoms with Gasteiger partial charge in [-0.2, -0.15) is 0 Å². The van der Waals surface area contributed by atoms with E-state index in [0.29, 0.717) is 25.0 Å². The van der Waals surface area contributed by atoms with Crippen molar-refractivity contribution in [3.8, 4) is 0 Å². The highest BCUT2D eigenvalue weighted by molar-refractivity contribution is 5.78. The predicted molar refractivity (Wildman–Crippen MR) is 107 cm³/mol. The van der Waals surface area contributed by atoms with Gasteiger partial charge in [0.15, 0.2) is 0 Å². The summed E-state index contributed by atoms with van der Waals surface area (Å²) in [6.45, 7) is 5.26. The lowest BCUT2D eigenvalue weighted by Gasteiger charge is -2.50. The maximum Gasteiger partial charge on any atom is 0.236 e. The monoisotopic (exact) mass is 371 g/mol. The average molecular weight is 372 g/mol. The van der Waals surface area contributed by atoms with Crippen molar-refractivity contribution >= 4 is 5.91 Å². The van der Waals surface area contributed by atoms with Crippen molar-refractivity contribution in [3.05, 3.63) is 35.9 Å².